The number of aliphatic hydroxyl groups excluding tert-OH is 1. The topological polar surface area (TPSA) is 171 Å². The summed E-state index contributed by atoms with van der Waals surface area (Å²) in [7, 11) is 0. The van der Waals surface area contributed by atoms with Gasteiger partial charge >= 0.3 is 12.2 Å². The molecular weight excluding hydrogens is 528 g/mol. The first-order valence-corrected chi connectivity index (χ1v) is 12.1. The van der Waals surface area contributed by atoms with Crippen LogP contribution in [-0.2, 0) is 24.1 Å². The third-order valence-electron chi connectivity index (χ3n) is 6.73. The van der Waals surface area contributed by atoms with E-state index in [1.807, 2.05) is 0 Å². The highest BCUT2D eigenvalue weighted by Crippen LogP contribution is 2.43. The van der Waals surface area contributed by atoms with Crippen LogP contribution in [-0.4, -0.2) is 62.9 Å². The minimum atomic E-state index is -1.42. The van der Waals surface area contributed by atoms with Gasteiger partial charge in [0.05, 0.1) is 11.4 Å². The number of benzene rings is 2. The van der Waals surface area contributed by atoms with Crippen molar-refractivity contribution in [2.45, 2.75) is 31.9 Å². The largest absolute Gasteiger partial charge is 0.444 e. The Kier molecular flexibility index (Phi) is 5.69. The Morgan fingerprint density at radius 3 is 1.62 bits per heavy atom. The number of rotatable bonds is 2. The van der Waals surface area contributed by atoms with Gasteiger partial charge in [0.25, 0.3) is 17.7 Å². The zero-order chi connectivity index (χ0) is 28.3. The number of imide groups is 1. The molecule has 2 saturated heterocycles. The number of ketones is 2. The van der Waals surface area contributed by atoms with E-state index in [1.54, 1.807) is 0 Å². The van der Waals surface area contributed by atoms with Crippen molar-refractivity contribution in [3.8, 4) is 0 Å². The van der Waals surface area contributed by atoms with Gasteiger partial charge in [-0.25, -0.2) is 19.4 Å². The second-order valence-corrected chi connectivity index (χ2v) is 9.10. The van der Waals surface area contributed by atoms with Crippen LogP contribution in [0.15, 0.2) is 59.9 Å². The fourth-order valence-corrected chi connectivity index (χ4v) is 4.89. The average molecular weight is 546 g/mol. The van der Waals surface area contributed by atoms with Gasteiger partial charge in [0.15, 0.2) is 6.23 Å². The lowest BCUT2D eigenvalue weighted by Gasteiger charge is -2.26. The van der Waals surface area contributed by atoms with Crippen LogP contribution in [0.2, 0.25) is 0 Å². The van der Waals surface area contributed by atoms with Gasteiger partial charge in [-0.1, -0.05) is 24.3 Å². The molecule has 4 aliphatic heterocycles. The number of hydrogen-bond acceptors (Lipinski definition) is 10. The maximum absolute atomic E-state index is 13.7. The number of anilines is 2. The van der Waals surface area contributed by atoms with Crippen molar-refractivity contribution in [1.82, 2.24) is 10.1 Å². The van der Waals surface area contributed by atoms with Crippen LogP contribution >= 0.6 is 0 Å². The zero-order valence-electron chi connectivity index (χ0n) is 20.4. The Hall–Kier alpha value is -5.37. The number of aliphatic hydroxyl groups is 1. The fourth-order valence-electron chi connectivity index (χ4n) is 4.89. The predicted molar refractivity (Wildman–Crippen MR) is 130 cm³/mol. The molecule has 1 N–H and O–H groups in total. The number of hydroxylamine groups is 4. The second kappa shape index (κ2) is 9.13. The van der Waals surface area contributed by atoms with Gasteiger partial charge in [0.2, 0.25) is 11.6 Å². The Labute approximate surface area is 224 Å². The van der Waals surface area contributed by atoms with Crippen molar-refractivity contribution in [1.29, 1.82) is 0 Å². The summed E-state index contributed by atoms with van der Waals surface area (Å²) in [5, 5.41) is 10.8. The van der Waals surface area contributed by atoms with E-state index in [0.29, 0.717) is 9.96 Å². The number of para-hydroxylation sites is 2. The third kappa shape index (κ3) is 3.65. The molecule has 0 saturated carbocycles. The van der Waals surface area contributed by atoms with Crippen LogP contribution in [0, 0.1) is 0 Å². The highest BCUT2D eigenvalue weighted by molar-refractivity contribution is 6.33. The van der Waals surface area contributed by atoms with Crippen molar-refractivity contribution >= 4 is 52.8 Å². The normalized spacial score (nSPS) is 21.9. The number of carbonyl (C=O) groups is 7. The first-order valence-electron chi connectivity index (χ1n) is 12.1. The van der Waals surface area contributed by atoms with Crippen LogP contribution in [0.1, 0.15) is 46.4 Å². The van der Waals surface area contributed by atoms with E-state index in [4.69, 9.17) is 9.68 Å². The highest BCUT2D eigenvalue weighted by Gasteiger charge is 2.49. The van der Waals surface area contributed by atoms with Gasteiger partial charge in [0, 0.05) is 36.8 Å². The zero-order valence-corrected chi connectivity index (χ0v) is 20.4. The summed E-state index contributed by atoms with van der Waals surface area (Å²) in [6.07, 6.45) is -4.51. The molecule has 0 bridgehead atoms. The molecule has 40 heavy (non-hydrogen) atoms. The minimum absolute atomic E-state index is 0.0108. The van der Waals surface area contributed by atoms with E-state index >= 15 is 0 Å². The van der Waals surface area contributed by atoms with E-state index in [1.165, 1.54) is 48.5 Å². The van der Waals surface area contributed by atoms with Gasteiger partial charge in [-0.05, 0) is 24.3 Å². The Morgan fingerprint density at radius 2 is 1.15 bits per heavy atom. The van der Waals surface area contributed by atoms with Crippen molar-refractivity contribution in [3.63, 3.8) is 0 Å². The number of Topliss-reactive ketones (excluding diaryl/α,β-unsaturated/α-hetero) is 2. The van der Waals surface area contributed by atoms with Gasteiger partial charge in [-0.3, -0.25) is 24.0 Å². The molecule has 0 aliphatic carbocycles. The molecule has 2 aromatic rings. The molecule has 0 aromatic heterocycles. The molecule has 14 heteroatoms. The van der Waals surface area contributed by atoms with Crippen LogP contribution in [0.4, 0.5) is 21.0 Å². The van der Waals surface area contributed by atoms with E-state index in [2.05, 4.69) is 0 Å². The van der Waals surface area contributed by atoms with E-state index < -0.39 is 59.1 Å². The Balaban J connectivity index is 1.49. The number of fused-ring (bicyclic) bond motifs is 2. The van der Waals surface area contributed by atoms with Crippen LogP contribution in [0.5, 0.6) is 0 Å². The van der Waals surface area contributed by atoms with Crippen molar-refractivity contribution in [3.05, 3.63) is 71.1 Å². The summed E-state index contributed by atoms with van der Waals surface area (Å²) < 4.78 is 0. The molecule has 1 unspecified atom stereocenters. The predicted octanol–water partition coefficient (Wildman–Crippen LogP) is 1.80. The summed E-state index contributed by atoms with van der Waals surface area (Å²) in [5.41, 5.74) is -1.27. The molecule has 0 spiro atoms. The molecule has 202 valence electrons. The molecule has 2 fully saturated rings. The number of hydrogen-bond donors (Lipinski definition) is 1. The number of allylic oxidation sites excluding steroid dienone is 2. The lowest BCUT2D eigenvalue weighted by atomic mass is 10.1. The van der Waals surface area contributed by atoms with Gasteiger partial charge in [-0.15, -0.1) is 10.1 Å². The summed E-state index contributed by atoms with van der Waals surface area (Å²) in [6, 6.07) is 11.6. The Bertz CT molecular complexity index is 1580. The highest BCUT2D eigenvalue weighted by atomic mass is 16.7. The average Bonchev–Trinajstić information content (AvgIpc) is 3.63. The SMILES string of the molecule is O=C1/C(=C2/C(=O)c3ccccc3N2C(=O)ON2C(=O)CCC2O)N(C(=O)ON2C(=O)CCC2=O)c2ccccc21. The van der Waals surface area contributed by atoms with Gasteiger partial charge < -0.3 is 14.8 Å². The molecule has 0 radical (unpaired) electrons. The Morgan fingerprint density at radius 1 is 0.675 bits per heavy atom. The quantitative estimate of drug-likeness (QED) is 0.433. The molecule has 1 atom stereocenters. The molecular formula is C26H18N4O10. The fraction of sp³-hybridized carbons (Fsp3) is 0.192. The lowest BCUT2D eigenvalue weighted by Crippen LogP contribution is -2.43. The van der Waals surface area contributed by atoms with Gasteiger partial charge in [-0.2, -0.15) is 0 Å². The van der Waals surface area contributed by atoms with Crippen LogP contribution in [0.25, 0.3) is 0 Å². The van der Waals surface area contributed by atoms with Crippen LogP contribution in [0.3, 0.4) is 0 Å². The summed E-state index contributed by atoms with van der Waals surface area (Å²) in [6.45, 7) is 0. The molecule has 5 amide bonds. The summed E-state index contributed by atoms with van der Waals surface area (Å²) in [4.78, 5) is 102. The number of amides is 5. The van der Waals surface area contributed by atoms with Crippen molar-refractivity contribution in [2.24, 2.45) is 0 Å². The van der Waals surface area contributed by atoms with E-state index in [0.717, 1.165) is 4.90 Å². The molecule has 6 rings (SSSR count). The minimum Gasteiger partial charge on any atom is -0.370 e. The van der Waals surface area contributed by atoms with Gasteiger partial charge in [0.1, 0.15) is 11.4 Å². The van der Waals surface area contributed by atoms with Crippen molar-refractivity contribution < 1.29 is 48.3 Å². The number of nitrogens with zero attached hydrogens (tertiary/aromatic N) is 4. The van der Waals surface area contributed by atoms with Crippen LogP contribution < -0.4 is 9.80 Å². The lowest BCUT2D eigenvalue weighted by molar-refractivity contribution is -0.188. The molecule has 14 nitrogen and oxygen atoms in total. The maximum atomic E-state index is 13.7. The monoisotopic (exact) mass is 546 g/mol. The first kappa shape index (κ1) is 24.9. The van der Waals surface area contributed by atoms with E-state index in [9.17, 15) is 38.7 Å². The smallest absolute Gasteiger partial charge is 0.370 e. The number of carbonyl (C=O) groups excluding carboxylic acids is 7. The second-order valence-electron chi connectivity index (χ2n) is 9.10. The molecule has 4 heterocycles. The first-order chi connectivity index (χ1) is 19.2. The maximum Gasteiger partial charge on any atom is 0.444 e. The summed E-state index contributed by atoms with van der Waals surface area (Å²) in [5.74, 6) is -3.88. The standard InChI is InChI=1S/C26H18N4O10/c31-17-9-10-18(32)29(17)39-25(37)27-15-7-3-1-5-13(15)23(35)21(27)22-24(36)14-6-2-4-8-16(14)28(22)26(38)40-30-19(33)11-12-20(30)34/h1-8,17,31H,9-12H2/b22-21+. The van der Waals surface area contributed by atoms with Crippen molar-refractivity contribution in [2.75, 3.05) is 9.80 Å². The molecule has 2 aromatic carbocycles. The molecule has 4 aliphatic rings. The summed E-state index contributed by atoms with van der Waals surface area (Å²) >= 11 is 0. The van der Waals surface area contributed by atoms with E-state index in [-0.39, 0.29) is 53.2 Å². The third-order valence-corrected chi connectivity index (χ3v) is 6.73.